The van der Waals surface area contributed by atoms with Crippen LogP contribution in [0.1, 0.15) is 35.5 Å². The molecular weight excluding hydrogens is 298 g/mol. The molecule has 0 amide bonds. The second kappa shape index (κ2) is 6.82. The Morgan fingerprint density at radius 2 is 2.32 bits per heavy atom. The molecule has 1 fully saturated rings. The molecular formula is C17H22ClN3O. The maximum atomic E-state index is 6.16. The summed E-state index contributed by atoms with van der Waals surface area (Å²) in [5.41, 5.74) is 3.56. The third-order valence-corrected chi connectivity index (χ3v) is 4.58. The summed E-state index contributed by atoms with van der Waals surface area (Å²) in [6, 6.07) is 8.48. The van der Waals surface area contributed by atoms with Crippen LogP contribution in [0.4, 0.5) is 0 Å². The Balaban J connectivity index is 1.85. The molecule has 3 rings (SSSR count). The average Bonchev–Trinajstić information content (AvgIpc) is 2.88. The molecule has 0 bridgehead atoms. The van der Waals surface area contributed by atoms with Crippen LogP contribution in [-0.4, -0.2) is 29.7 Å². The maximum absolute atomic E-state index is 6.16. The summed E-state index contributed by atoms with van der Waals surface area (Å²) in [5, 5.41) is 8.45. The Morgan fingerprint density at radius 3 is 3.09 bits per heavy atom. The van der Waals surface area contributed by atoms with Crippen LogP contribution in [0.5, 0.6) is 0 Å². The van der Waals surface area contributed by atoms with E-state index in [1.807, 2.05) is 19.1 Å². The highest BCUT2D eigenvalue weighted by molar-refractivity contribution is 6.30. The molecule has 0 radical (unpaired) electrons. The summed E-state index contributed by atoms with van der Waals surface area (Å²) in [7, 11) is 0. The first kappa shape index (κ1) is 15.5. The lowest BCUT2D eigenvalue weighted by Gasteiger charge is -2.36. The fourth-order valence-electron chi connectivity index (χ4n) is 3.10. The molecule has 2 heterocycles. The number of piperazine rings is 1. The van der Waals surface area contributed by atoms with E-state index in [1.54, 1.807) is 0 Å². The van der Waals surface area contributed by atoms with Crippen LogP contribution >= 0.6 is 11.6 Å². The standard InChI is InChI=1S/C17H22ClN3O/c1-3-16-15(12(2)22-20-16)11-21-8-7-19-10-17(21)13-5-4-6-14(18)9-13/h4-6,9,17,19H,3,7-8,10-11H2,1-2H3. The van der Waals surface area contributed by atoms with E-state index in [4.69, 9.17) is 16.1 Å². The van der Waals surface area contributed by atoms with Crippen molar-refractivity contribution in [3.05, 3.63) is 51.9 Å². The molecule has 1 atom stereocenters. The molecule has 0 spiro atoms. The lowest BCUT2D eigenvalue weighted by molar-refractivity contribution is 0.152. The van der Waals surface area contributed by atoms with Crippen molar-refractivity contribution in [2.75, 3.05) is 19.6 Å². The number of aryl methyl sites for hydroxylation is 2. The SMILES string of the molecule is CCc1noc(C)c1CN1CCNCC1c1cccc(Cl)c1. The topological polar surface area (TPSA) is 41.3 Å². The van der Waals surface area contributed by atoms with E-state index in [1.165, 1.54) is 11.1 Å². The third-order valence-electron chi connectivity index (χ3n) is 4.35. The summed E-state index contributed by atoms with van der Waals surface area (Å²) in [4.78, 5) is 2.49. The minimum absolute atomic E-state index is 0.325. The van der Waals surface area contributed by atoms with E-state index in [9.17, 15) is 0 Å². The van der Waals surface area contributed by atoms with E-state index >= 15 is 0 Å². The first-order chi connectivity index (χ1) is 10.7. The third kappa shape index (κ3) is 3.19. The average molecular weight is 320 g/mol. The Bertz CT molecular complexity index is 641. The van der Waals surface area contributed by atoms with Crippen LogP contribution in [0, 0.1) is 6.92 Å². The van der Waals surface area contributed by atoms with Gasteiger partial charge in [-0.3, -0.25) is 4.90 Å². The van der Waals surface area contributed by atoms with Crippen molar-refractivity contribution in [1.29, 1.82) is 0 Å². The molecule has 2 aromatic rings. The number of halogens is 1. The normalized spacial score (nSPS) is 19.5. The van der Waals surface area contributed by atoms with Crippen LogP contribution in [0.25, 0.3) is 0 Å². The summed E-state index contributed by atoms with van der Waals surface area (Å²) in [6.45, 7) is 7.93. The molecule has 1 aliphatic rings. The van der Waals surface area contributed by atoms with Gasteiger partial charge in [-0.2, -0.15) is 0 Å². The summed E-state index contributed by atoms with van der Waals surface area (Å²) < 4.78 is 5.37. The van der Waals surface area contributed by atoms with E-state index in [-0.39, 0.29) is 0 Å². The van der Waals surface area contributed by atoms with Crippen LogP contribution in [0.3, 0.4) is 0 Å². The van der Waals surface area contributed by atoms with Gasteiger partial charge in [-0.05, 0) is 31.0 Å². The fourth-order valence-corrected chi connectivity index (χ4v) is 3.30. The smallest absolute Gasteiger partial charge is 0.138 e. The van der Waals surface area contributed by atoms with Gasteiger partial charge in [-0.1, -0.05) is 35.8 Å². The Kier molecular flexibility index (Phi) is 4.81. The molecule has 1 N–H and O–H groups in total. The zero-order chi connectivity index (χ0) is 15.5. The van der Waals surface area contributed by atoms with Crippen molar-refractivity contribution in [3.8, 4) is 0 Å². The van der Waals surface area contributed by atoms with Gasteiger partial charge in [0.25, 0.3) is 0 Å². The van der Waals surface area contributed by atoms with Crippen molar-refractivity contribution < 1.29 is 4.52 Å². The number of nitrogens with one attached hydrogen (secondary N) is 1. The number of rotatable bonds is 4. The molecule has 1 aromatic heterocycles. The number of aromatic nitrogens is 1. The van der Waals surface area contributed by atoms with Gasteiger partial charge in [-0.25, -0.2) is 0 Å². The van der Waals surface area contributed by atoms with Gasteiger partial charge < -0.3 is 9.84 Å². The van der Waals surface area contributed by atoms with E-state index in [0.29, 0.717) is 6.04 Å². The quantitative estimate of drug-likeness (QED) is 0.938. The van der Waals surface area contributed by atoms with Gasteiger partial charge >= 0.3 is 0 Å². The van der Waals surface area contributed by atoms with Gasteiger partial charge in [0.2, 0.25) is 0 Å². The molecule has 1 saturated heterocycles. The predicted octanol–water partition coefficient (Wildman–Crippen LogP) is 3.35. The lowest BCUT2D eigenvalue weighted by atomic mass is 10.0. The number of hydrogen-bond donors (Lipinski definition) is 1. The molecule has 1 aromatic carbocycles. The zero-order valence-electron chi connectivity index (χ0n) is 13.1. The first-order valence-corrected chi connectivity index (χ1v) is 8.21. The molecule has 22 heavy (non-hydrogen) atoms. The van der Waals surface area contributed by atoms with Crippen molar-refractivity contribution >= 4 is 11.6 Å². The predicted molar refractivity (Wildman–Crippen MR) is 88.1 cm³/mol. The largest absolute Gasteiger partial charge is 0.361 e. The Labute approximate surface area is 136 Å². The number of nitrogens with zero attached hydrogens (tertiary/aromatic N) is 2. The minimum atomic E-state index is 0.325. The second-order valence-electron chi connectivity index (χ2n) is 5.76. The maximum Gasteiger partial charge on any atom is 0.138 e. The molecule has 0 saturated carbocycles. The van der Waals surface area contributed by atoms with E-state index in [0.717, 1.165) is 49.1 Å². The lowest BCUT2D eigenvalue weighted by Crippen LogP contribution is -2.45. The van der Waals surface area contributed by atoms with Crippen molar-refractivity contribution in [2.24, 2.45) is 0 Å². The first-order valence-electron chi connectivity index (χ1n) is 7.83. The van der Waals surface area contributed by atoms with Gasteiger partial charge in [-0.15, -0.1) is 0 Å². The molecule has 0 aliphatic carbocycles. The summed E-state index contributed by atoms with van der Waals surface area (Å²) in [6.07, 6.45) is 0.903. The molecule has 5 heteroatoms. The second-order valence-corrected chi connectivity index (χ2v) is 6.20. The van der Waals surface area contributed by atoms with Crippen molar-refractivity contribution in [3.63, 3.8) is 0 Å². The highest BCUT2D eigenvalue weighted by Gasteiger charge is 2.26. The monoisotopic (exact) mass is 319 g/mol. The number of benzene rings is 1. The fraction of sp³-hybridized carbons (Fsp3) is 0.471. The van der Waals surface area contributed by atoms with Crippen LogP contribution in [0.15, 0.2) is 28.8 Å². The number of hydrogen-bond acceptors (Lipinski definition) is 4. The van der Waals surface area contributed by atoms with Crippen molar-refractivity contribution in [1.82, 2.24) is 15.4 Å². The van der Waals surface area contributed by atoms with Gasteiger partial charge in [0, 0.05) is 42.8 Å². The van der Waals surface area contributed by atoms with Crippen LogP contribution in [0.2, 0.25) is 5.02 Å². The zero-order valence-corrected chi connectivity index (χ0v) is 13.9. The molecule has 4 nitrogen and oxygen atoms in total. The molecule has 1 unspecified atom stereocenters. The highest BCUT2D eigenvalue weighted by Crippen LogP contribution is 2.27. The van der Waals surface area contributed by atoms with Crippen molar-refractivity contribution in [2.45, 2.75) is 32.9 Å². The Morgan fingerprint density at radius 1 is 1.45 bits per heavy atom. The van der Waals surface area contributed by atoms with Crippen LogP contribution < -0.4 is 5.32 Å². The van der Waals surface area contributed by atoms with Gasteiger partial charge in [0.15, 0.2) is 0 Å². The summed E-state index contributed by atoms with van der Waals surface area (Å²) in [5.74, 6) is 0.931. The van der Waals surface area contributed by atoms with Crippen LogP contribution in [-0.2, 0) is 13.0 Å². The molecule has 1 aliphatic heterocycles. The van der Waals surface area contributed by atoms with Gasteiger partial charge in [0.1, 0.15) is 5.76 Å². The summed E-state index contributed by atoms with van der Waals surface area (Å²) >= 11 is 6.16. The highest BCUT2D eigenvalue weighted by atomic mass is 35.5. The van der Waals surface area contributed by atoms with Gasteiger partial charge in [0.05, 0.1) is 5.69 Å². The Hall–Kier alpha value is -1.36. The molecule has 118 valence electrons. The van der Waals surface area contributed by atoms with E-state index < -0.39 is 0 Å². The van der Waals surface area contributed by atoms with E-state index in [2.05, 4.69) is 34.4 Å². The minimum Gasteiger partial charge on any atom is -0.361 e.